The van der Waals surface area contributed by atoms with Gasteiger partial charge >= 0.3 is 17.8 Å². The van der Waals surface area contributed by atoms with Crippen LogP contribution in [0.4, 0.5) is 24.5 Å². The molecular formula is C21H16ClF3N4O5. The minimum Gasteiger partial charge on any atom is -0.477 e. The lowest BCUT2D eigenvalue weighted by molar-refractivity contribution is -0.137. The number of benzene rings is 2. The predicted molar refractivity (Wildman–Crippen MR) is 117 cm³/mol. The number of nitrogens with one attached hydrogen (secondary N) is 1. The largest absolute Gasteiger partial charge is 0.477 e. The lowest BCUT2D eigenvalue weighted by Crippen LogP contribution is -2.42. The number of aliphatic hydroxyl groups excluding tert-OH is 1. The van der Waals surface area contributed by atoms with Crippen molar-refractivity contribution in [3.8, 4) is 5.69 Å². The van der Waals surface area contributed by atoms with E-state index < -0.39 is 52.4 Å². The van der Waals surface area contributed by atoms with Crippen LogP contribution in [0.1, 0.15) is 21.5 Å². The van der Waals surface area contributed by atoms with Gasteiger partial charge in [-0.1, -0.05) is 23.7 Å². The van der Waals surface area contributed by atoms with E-state index in [-0.39, 0.29) is 11.3 Å². The van der Waals surface area contributed by atoms with Crippen molar-refractivity contribution in [1.29, 1.82) is 0 Å². The Morgan fingerprint density at radius 2 is 1.91 bits per heavy atom. The van der Waals surface area contributed by atoms with Gasteiger partial charge in [0.05, 0.1) is 34.2 Å². The van der Waals surface area contributed by atoms with Gasteiger partial charge in [0.2, 0.25) is 6.35 Å². The first-order valence-electron chi connectivity index (χ1n) is 9.66. The number of carboxylic acids is 1. The van der Waals surface area contributed by atoms with Crippen LogP contribution in [0.3, 0.4) is 0 Å². The average molecular weight is 497 g/mol. The summed E-state index contributed by atoms with van der Waals surface area (Å²) in [5.41, 5.74) is -3.10. The first kappa shape index (κ1) is 23.4. The standard InChI is InChI=1S/C21H16ClF3N4O5/c1-27-15-6-5-11(7-14(15)26-19(27)33)28-9-12(18(31)32)17(30)29(20(28)34)8-10-3-2-4-13(16(10)22)21(23,24)25/h2-7,9,19,26,33H,8H2,1H3,(H,31,32). The van der Waals surface area contributed by atoms with Crippen molar-refractivity contribution in [2.24, 2.45) is 0 Å². The minimum absolute atomic E-state index is 0.158. The molecule has 34 heavy (non-hydrogen) atoms. The van der Waals surface area contributed by atoms with Gasteiger partial charge < -0.3 is 20.4 Å². The molecule has 0 saturated carbocycles. The van der Waals surface area contributed by atoms with Gasteiger partial charge in [0.15, 0.2) is 0 Å². The molecule has 0 spiro atoms. The topological polar surface area (TPSA) is 117 Å². The summed E-state index contributed by atoms with van der Waals surface area (Å²) in [7, 11) is 1.62. The summed E-state index contributed by atoms with van der Waals surface area (Å²) in [6.07, 6.45) is -4.95. The fourth-order valence-corrected chi connectivity index (χ4v) is 3.92. The van der Waals surface area contributed by atoms with Crippen LogP contribution in [0.5, 0.6) is 0 Å². The van der Waals surface area contributed by atoms with Crippen LogP contribution in [-0.2, 0) is 12.7 Å². The average Bonchev–Trinajstić information content (AvgIpc) is 3.04. The monoisotopic (exact) mass is 496 g/mol. The third kappa shape index (κ3) is 3.90. The zero-order valence-corrected chi connectivity index (χ0v) is 18.1. The number of aromatic carboxylic acids is 1. The highest BCUT2D eigenvalue weighted by Crippen LogP contribution is 2.36. The third-order valence-electron chi connectivity index (χ3n) is 5.40. The van der Waals surface area contributed by atoms with Crippen molar-refractivity contribution in [2.45, 2.75) is 19.1 Å². The maximum Gasteiger partial charge on any atom is 0.417 e. The molecule has 1 aromatic heterocycles. The van der Waals surface area contributed by atoms with Crippen LogP contribution in [0.15, 0.2) is 52.2 Å². The Bertz CT molecular complexity index is 1430. The molecule has 4 rings (SSSR count). The minimum atomic E-state index is -4.77. The second kappa shape index (κ2) is 8.22. The number of carboxylic acid groups (broad SMARTS) is 1. The first-order chi connectivity index (χ1) is 15.9. The highest BCUT2D eigenvalue weighted by Gasteiger charge is 2.34. The third-order valence-corrected chi connectivity index (χ3v) is 5.85. The van der Waals surface area contributed by atoms with Crippen molar-refractivity contribution in [1.82, 2.24) is 9.13 Å². The molecule has 0 fully saturated rings. The van der Waals surface area contributed by atoms with Crippen molar-refractivity contribution in [2.75, 3.05) is 17.3 Å². The van der Waals surface area contributed by atoms with Crippen LogP contribution >= 0.6 is 11.6 Å². The fraction of sp³-hybridized carbons (Fsp3) is 0.190. The zero-order valence-electron chi connectivity index (χ0n) is 17.3. The van der Waals surface area contributed by atoms with Crippen LogP contribution in [-0.4, -0.2) is 38.7 Å². The highest BCUT2D eigenvalue weighted by molar-refractivity contribution is 6.32. The summed E-state index contributed by atoms with van der Waals surface area (Å²) >= 11 is 5.90. The zero-order chi connectivity index (χ0) is 24.9. The summed E-state index contributed by atoms with van der Waals surface area (Å²) < 4.78 is 41.1. The Hall–Kier alpha value is -3.77. The highest BCUT2D eigenvalue weighted by atomic mass is 35.5. The van der Waals surface area contributed by atoms with Gasteiger partial charge in [-0.25, -0.2) is 9.59 Å². The van der Waals surface area contributed by atoms with Crippen LogP contribution in [0.25, 0.3) is 5.69 Å². The summed E-state index contributed by atoms with van der Waals surface area (Å²) in [5.74, 6) is -1.63. The number of aromatic nitrogens is 2. The molecule has 0 aliphatic carbocycles. The Balaban J connectivity index is 1.88. The molecule has 0 saturated heterocycles. The quantitative estimate of drug-likeness (QED) is 0.508. The second-order valence-electron chi connectivity index (χ2n) is 7.50. The maximum absolute atomic E-state index is 13.2. The van der Waals surface area contributed by atoms with Crippen LogP contribution in [0.2, 0.25) is 5.02 Å². The molecule has 0 amide bonds. The normalized spacial score (nSPS) is 15.2. The van der Waals surface area contributed by atoms with E-state index in [9.17, 15) is 37.8 Å². The van der Waals surface area contributed by atoms with Gasteiger partial charge in [0.1, 0.15) is 5.56 Å². The summed E-state index contributed by atoms with van der Waals surface area (Å²) in [6.45, 7) is -0.688. The molecule has 2 heterocycles. The van der Waals surface area contributed by atoms with Gasteiger partial charge in [-0.2, -0.15) is 13.2 Å². The number of aliphatic hydroxyl groups is 1. The van der Waals surface area contributed by atoms with Crippen molar-refractivity contribution < 1.29 is 28.2 Å². The lowest BCUT2D eigenvalue weighted by Gasteiger charge is -2.16. The van der Waals surface area contributed by atoms with Crippen molar-refractivity contribution in [3.05, 3.63) is 85.1 Å². The summed E-state index contributed by atoms with van der Waals surface area (Å²) in [4.78, 5) is 39.1. The molecule has 0 bridgehead atoms. The molecule has 9 nitrogen and oxygen atoms in total. The summed E-state index contributed by atoms with van der Waals surface area (Å²) in [6, 6.07) is 7.53. The van der Waals surface area contributed by atoms with E-state index in [1.54, 1.807) is 13.1 Å². The molecule has 1 unspecified atom stereocenters. The number of hydrogen-bond acceptors (Lipinski definition) is 6. The lowest BCUT2D eigenvalue weighted by atomic mass is 10.1. The second-order valence-corrected chi connectivity index (χ2v) is 7.88. The molecule has 1 aliphatic heterocycles. The van der Waals surface area contributed by atoms with E-state index >= 15 is 0 Å². The van der Waals surface area contributed by atoms with E-state index in [0.717, 1.165) is 22.9 Å². The number of fused-ring (bicyclic) bond motifs is 1. The molecule has 1 atom stereocenters. The van der Waals surface area contributed by atoms with Crippen molar-refractivity contribution in [3.63, 3.8) is 0 Å². The number of rotatable bonds is 4. The van der Waals surface area contributed by atoms with E-state index in [2.05, 4.69) is 5.32 Å². The molecule has 13 heteroatoms. The van der Waals surface area contributed by atoms with Gasteiger partial charge in [-0.3, -0.25) is 13.9 Å². The number of anilines is 2. The molecule has 3 N–H and O–H groups in total. The van der Waals surface area contributed by atoms with Gasteiger partial charge in [0.25, 0.3) is 5.56 Å². The summed E-state index contributed by atoms with van der Waals surface area (Å²) in [5, 5.41) is 21.5. The fourth-order valence-electron chi connectivity index (χ4n) is 3.63. The Morgan fingerprint density at radius 3 is 2.56 bits per heavy atom. The Labute approximate surface area is 193 Å². The van der Waals surface area contributed by atoms with E-state index in [4.69, 9.17) is 11.6 Å². The van der Waals surface area contributed by atoms with E-state index in [1.165, 1.54) is 23.1 Å². The molecule has 2 aromatic carbocycles. The Kier molecular flexibility index (Phi) is 5.66. The molecule has 3 aromatic rings. The molecular weight excluding hydrogens is 481 g/mol. The van der Waals surface area contributed by atoms with Gasteiger partial charge in [0, 0.05) is 13.2 Å². The molecule has 1 aliphatic rings. The molecule has 178 valence electrons. The smallest absolute Gasteiger partial charge is 0.417 e. The van der Waals surface area contributed by atoms with E-state index in [0.29, 0.717) is 15.9 Å². The van der Waals surface area contributed by atoms with Crippen molar-refractivity contribution >= 4 is 28.9 Å². The van der Waals surface area contributed by atoms with Crippen LogP contribution < -0.4 is 21.5 Å². The number of carbonyl (C=O) groups is 1. The predicted octanol–water partition coefficient (Wildman–Crippen LogP) is 2.56. The SMILES string of the molecule is CN1c2ccc(-n3cc(C(=O)O)c(=O)n(Cc4cccc(C(F)(F)F)c4Cl)c3=O)cc2NC1O. The number of halogens is 4. The van der Waals surface area contributed by atoms with E-state index in [1.807, 2.05) is 0 Å². The first-order valence-corrected chi connectivity index (χ1v) is 10.0. The number of alkyl halides is 3. The molecule has 0 radical (unpaired) electrons. The van der Waals surface area contributed by atoms with Crippen LogP contribution in [0, 0.1) is 0 Å². The van der Waals surface area contributed by atoms with Gasteiger partial charge in [-0.05, 0) is 29.8 Å². The van der Waals surface area contributed by atoms with Gasteiger partial charge in [-0.15, -0.1) is 0 Å². The maximum atomic E-state index is 13.2. The number of hydrogen-bond donors (Lipinski definition) is 3. The number of nitrogens with zero attached hydrogens (tertiary/aromatic N) is 3. The Morgan fingerprint density at radius 1 is 1.21 bits per heavy atom.